The Labute approximate surface area is 103 Å². The Bertz CT molecular complexity index is 297. The van der Waals surface area contributed by atoms with Gasteiger partial charge in [0.2, 0.25) is 5.91 Å². The molecule has 2 saturated carbocycles. The first kappa shape index (κ1) is 11.5. The van der Waals surface area contributed by atoms with Crippen LogP contribution in [0.15, 0.2) is 0 Å². The van der Waals surface area contributed by atoms with E-state index in [1.54, 1.807) is 0 Å². The van der Waals surface area contributed by atoms with E-state index >= 15 is 0 Å². The summed E-state index contributed by atoms with van der Waals surface area (Å²) in [7, 11) is 0. The molecule has 0 aromatic heterocycles. The van der Waals surface area contributed by atoms with Gasteiger partial charge < -0.3 is 10.0 Å². The molecule has 1 saturated heterocycles. The number of likely N-dealkylation sites (tertiary alicyclic amines) is 1. The van der Waals surface area contributed by atoms with E-state index in [9.17, 15) is 9.90 Å². The molecule has 0 aromatic rings. The summed E-state index contributed by atoms with van der Waals surface area (Å²) in [5, 5.41) is 9.44. The van der Waals surface area contributed by atoms with Crippen molar-refractivity contribution in [1.29, 1.82) is 0 Å². The minimum absolute atomic E-state index is 0.179. The van der Waals surface area contributed by atoms with Gasteiger partial charge in [-0.15, -0.1) is 0 Å². The van der Waals surface area contributed by atoms with E-state index in [1.165, 1.54) is 25.7 Å². The van der Waals surface area contributed by atoms with Crippen LogP contribution in [0.5, 0.6) is 0 Å². The molecule has 96 valence electrons. The SMILES string of the molecule is O=C(CC1CC2CCC1C2)N1CCC(O)CC1. The lowest BCUT2D eigenvalue weighted by Gasteiger charge is -2.31. The second-order valence-corrected chi connectivity index (χ2v) is 6.25. The second-order valence-electron chi connectivity index (χ2n) is 6.25. The van der Waals surface area contributed by atoms with E-state index in [2.05, 4.69) is 0 Å². The van der Waals surface area contributed by atoms with Crippen molar-refractivity contribution in [1.82, 2.24) is 4.90 Å². The number of piperidine rings is 1. The third-order valence-electron chi connectivity index (χ3n) is 5.14. The van der Waals surface area contributed by atoms with Gasteiger partial charge in [-0.25, -0.2) is 0 Å². The van der Waals surface area contributed by atoms with E-state index < -0.39 is 0 Å². The fourth-order valence-corrected chi connectivity index (χ4v) is 4.10. The lowest BCUT2D eigenvalue weighted by molar-refractivity contribution is -0.134. The van der Waals surface area contributed by atoms with Gasteiger partial charge in [-0.1, -0.05) is 6.42 Å². The molecular weight excluding hydrogens is 214 g/mol. The van der Waals surface area contributed by atoms with Gasteiger partial charge in [0.05, 0.1) is 6.10 Å². The molecule has 1 N–H and O–H groups in total. The number of aliphatic hydroxyl groups is 1. The van der Waals surface area contributed by atoms with Crippen LogP contribution in [0.25, 0.3) is 0 Å². The third kappa shape index (κ3) is 2.35. The summed E-state index contributed by atoms with van der Waals surface area (Å²) in [4.78, 5) is 14.2. The summed E-state index contributed by atoms with van der Waals surface area (Å²) in [6, 6.07) is 0. The Morgan fingerprint density at radius 3 is 2.47 bits per heavy atom. The zero-order chi connectivity index (χ0) is 11.8. The molecule has 0 spiro atoms. The van der Waals surface area contributed by atoms with Crippen molar-refractivity contribution < 1.29 is 9.90 Å². The van der Waals surface area contributed by atoms with Crippen LogP contribution in [-0.4, -0.2) is 35.1 Å². The van der Waals surface area contributed by atoms with Crippen LogP contribution < -0.4 is 0 Å². The molecule has 2 aliphatic carbocycles. The van der Waals surface area contributed by atoms with Gasteiger partial charge >= 0.3 is 0 Å². The smallest absolute Gasteiger partial charge is 0.222 e. The molecule has 0 radical (unpaired) electrons. The summed E-state index contributed by atoms with van der Waals surface area (Å²) >= 11 is 0. The van der Waals surface area contributed by atoms with E-state index in [-0.39, 0.29) is 6.10 Å². The predicted molar refractivity (Wildman–Crippen MR) is 65.4 cm³/mol. The summed E-state index contributed by atoms with van der Waals surface area (Å²) in [6.45, 7) is 1.53. The minimum atomic E-state index is -0.179. The van der Waals surface area contributed by atoms with Crippen LogP contribution >= 0.6 is 0 Å². The number of hydrogen-bond donors (Lipinski definition) is 1. The molecule has 3 nitrogen and oxygen atoms in total. The monoisotopic (exact) mass is 237 g/mol. The van der Waals surface area contributed by atoms with Crippen LogP contribution in [0.1, 0.15) is 44.9 Å². The summed E-state index contributed by atoms with van der Waals surface area (Å²) in [6.07, 6.45) is 7.58. The molecule has 3 heteroatoms. The van der Waals surface area contributed by atoms with Crippen LogP contribution in [0.3, 0.4) is 0 Å². The Balaban J connectivity index is 1.50. The van der Waals surface area contributed by atoms with Gasteiger partial charge in [-0.2, -0.15) is 0 Å². The van der Waals surface area contributed by atoms with E-state index in [0.29, 0.717) is 11.8 Å². The fraction of sp³-hybridized carbons (Fsp3) is 0.929. The average molecular weight is 237 g/mol. The Morgan fingerprint density at radius 2 is 1.88 bits per heavy atom. The fourth-order valence-electron chi connectivity index (χ4n) is 4.10. The van der Waals surface area contributed by atoms with Gasteiger partial charge in [0.1, 0.15) is 0 Å². The highest BCUT2D eigenvalue weighted by atomic mass is 16.3. The highest BCUT2D eigenvalue weighted by molar-refractivity contribution is 5.76. The van der Waals surface area contributed by atoms with Gasteiger partial charge in [0, 0.05) is 19.5 Å². The normalized spacial score (nSPS) is 37.7. The summed E-state index contributed by atoms with van der Waals surface area (Å²) < 4.78 is 0. The summed E-state index contributed by atoms with van der Waals surface area (Å²) in [5.41, 5.74) is 0. The first-order chi connectivity index (χ1) is 8.22. The van der Waals surface area contributed by atoms with E-state index in [4.69, 9.17) is 0 Å². The number of carbonyl (C=O) groups excluding carboxylic acids is 1. The van der Waals surface area contributed by atoms with E-state index in [0.717, 1.165) is 44.2 Å². The lowest BCUT2D eigenvalue weighted by atomic mass is 9.86. The highest BCUT2D eigenvalue weighted by Crippen LogP contribution is 2.49. The number of carbonyl (C=O) groups is 1. The van der Waals surface area contributed by atoms with Crippen molar-refractivity contribution in [3.63, 3.8) is 0 Å². The molecule has 1 amide bonds. The second kappa shape index (κ2) is 4.60. The van der Waals surface area contributed by atoms with Crippen molar-refractivity contribution in [2.75, 3.05) is 13.1 Å². The quantitative estimate of drug-likeness (QED) is 0.795. The largest absolute Gasteiger partial charge is 0.393 e. The summed E-state index contributed by atoms with van der Waals surface area (Å²) in [5.74, 6) is 2.79. The van der Waals surface area contributed by atoms with Crippen LogP contribution in [0, 0.1) is 17.8 Å². The zero-order valence-corrected chi connectivity index (χ0v) is 10.5. The van der Waals surface area contributed by atoms with Crippen molar-refractivity contribution in [2.45, 2.75) is 51.0 Å². The number of nitrogens with zero attached hydrogens (tertiary/aromatic N) is 1. The van der Waals surface area contributed by atoms with Crippen LogP contribution in [-0.2, 0) is 4.79 Å². The van der Waals surface area contributed by atoms with Crippen molar-refractivity contribution >= 4 is 5.91 Å². The van der Waals surface area contributed by atoms with Crippen molar-refractivity contribution in [3.05, 3.63) is 0 Å². The molecule has 17 heavy (non-hydrogen) atoms. The Morgan fingerprint density at radius 1 is 1.12 bits per heavy atom. The highest BCUT2D eigenvalue weighted by Gasteiger charge is 2.40. The number of hydrogen-bond acceptors (Lipinski definition) is 2. The molecular formula is C14H23NO2. The van der Waals surface area contributed by atoms with Crippen LogP contribution in [0.2, 0.25) is 0 Å². The van der Waals surface area contributed by atoms with Crippen molar-refractivity contribution in [2.24, 2.45) is 17.8 Å². The number of aliphatic hydroxyl groups excluding tert-OH is 1. The average Bonchev–Trinajstić information content (AvgIpc) is 2.91. The standard InChI is InChI=1S/C14H23NO2/c16-13-3-5-15(6-4-13)14(17)9-12-8-10-1-2-11(12)7-10/h10-13,16H,1-9H2. The molecule has 0 aromatic carbocycles. The first-order valence-corrected chi connectivity index (χ1v) is 7.18. The van der Waals surface area contributed by atoms with Crippen LogP contribution in [0.4, 0.5) is 0 Å². The Hall–Kier alpha value is -0.570. The molecule has 2 bridgehead atoms. The molecule has 3 rings (SSSR count). The van der Waals surface area contributed by atoms with Gasteiger partial charge in [0.25, 0.3) is 0 Å². The predicted octanol–water partition coefficient (Wildman–Crippen LogP) is 1.80. The number of amides is 1. The maximum Gasteiger partial charge on any atom is 0.222 e. The van der Waals surface area contributed by atoms with E-state index in [1.807, 2.05) is 4.90 Å². The molecule has 3 fully saturated rings. The Kier molecular flexibility index (Phi) is 3.12. The van der Waals surface area contributed by atoms with Crippen molar-refractivity contribution in [3.8, 4) is 0 Å². The minimum Gasteiger partial charge on any atom is -0.393 e. The molecule has 3 atom stereocenters. The topological polar surface area (TPSA) is 40.5 Å². The molecule has 1 heterocycles. The molecule has 3 aliphatic rings. The van der Waals surface area contributed by atoms with Gasteiger partial charge in [-0.3, -0.25) is 4.79 Å². The lowest BCUT2D eigenvalue weighted by Crippen LogP contribution is -2.41. The van der Waals surface area contributed by atoms with Gasteiger partial charge in [0.15, 0.2) is 0 Å². The maximum atomic E-state index is 12.2. The number of fused-ring (bicyclic) bond motifs is 2. The zero-order valence-electron chi connectivity index (χ0n) is 10.5. The molecule has 1 aliphatic heterocycles. The third-order valence-corrected chi connectivity index (χ3v) is 5.14. The molecule has 3 unspecified atom stereocenters. The van der Waals surface area contributed by atoms with Gasteiger partial charge in [-0.05, 0) is 49.9 Å². The maximum absolute atomic E-state index is 12.2. The number of rotatable bonds is 2. The first-order valence-electron chi connectivity index (χ1n) is 7.18.